The van der Waals surface area contributed by atoms with Gasteiger partial charge in [-0.1, -0.05) is 23.4 Å². The highest BCUT2D eigenvalue weighted by molar-refractivity contribution is 6.04. The summed E-state index contributed by atoms with van der Waals surface area (Å²) in [6, 6.07) is 12.0. The quantitative estimate of drug-likeness (QED) is 0.765. The van der Waals surface area contributed by atoms with Crippen LogP contribution in [0.2, 0.25) is 0 Å². The zero-order valence-corrected chi connectivity index (χ0v) is 14.2. The fraction of sp³-hybridized carbons (Fsp3) is 0.211. The first-order valence-electron chi connectivity index (χ1n) is 8.27. The molecule has 0 unspecified atom stereocenters. The number of halogens is 2. The number of hydrogen-bond acceptors (Lipinski definition) is 5. The van der Waals surface area contributed by atoms with Crippen molar-refractivity contribution in [3.63, 3.8) is 0 Å². The van der Waals surface area contributed by atoms with Crippen molar-refractivity contribution in [2.75, 3.05) is 18.4 Å². The molecule has 2 N–H and O–H groups in total. The maximum absolute atomic E-state index is 13.5. The monoisotopic (exact) mass is 370 g/mol. The number of carbonyl (C=O) groups excluding carboxylic acids is 1. The first-order chi connectivity index (χ1) is 13.1. The molecule has 0 radical (unpaired) electrons. The Balaban J connectivity index is 1.46. The van der Waals surface area contributed by atoms with E-state index in [1.165, 1.54) is 24.3 Å². The molecule has 0 aromatic heterocycles. The van der Waals surface area contributed by atoms with Gasteiger partial charge < -0.3 is 15.5 Å². The number of nitrogens with one attached hydrogen (secondary N) is 2. The van der Waals surface area contributed by atoms with E-state index in [9.17, 15) is 13.6 Å². The number of nitriles is 1. The summed E-state index contributed by atoms with van der Waals surface area (Å²) < 4.78 is 26.8. The van der Waals surface area contributed by atoms with Crippen LogP contribution in [0.15, 0.2) is 47.6 Å². The topological polar surface area (TPSA) is 86.5 Å². The van der Waals surface area contributed by atoms with Crippen LogP contribution in [0.5, 0.6) is 0 Å². The summed E-state index contributed by atoms with van der Waals surface area (Å²) in [5.74, 6) is -1.34. The van der Waals surface area contributed by atoms with Gasteiger partial charge in [-0.3, -0.25) is 4.79 Å². The van der Waals surface area contributed by atoms with E-state index in [0.29, 0.717) is 23.5 Å². The van der Waals surface area contributed by atoms with Crippen LogP contribution in [0.3, 0.4) is 0 Å². The molecule has 3 rings (SSSR count). The van der Waals surface area contributed by atoms with Crippen molar-refractivity contribution in [1.29, 1.82) is 5.26 Å². The molecule has 1 atom stereocenters. The third-order valence-corrected chi connectivity index (χ3v) is 3.98. The number of amides is 1. The Kier molecular flexibility index (Phi) is 5.61. The molecule has 1 aliphatic heterocycles. The average Bonchev–Trinajstić information content (AvgIpc) is 3.15. The van der Waals surface area contributed by atoms with Crippen molar-refractivity contribution in [1.82, 2.24) is 5.32 Å². The zero-order valence-electron chi connectivity index (χ0n) is 14.2. The molecule has 0 spiro atoms. The van der Waals surface area contributed by atoms with E-state index in [2.05, 4.69) is 15.8 Å². The van der Waals surface area contributed by atoms with Gasteiger partial charge in [-0.25, -0.2) is 8.78 Å². The summed E-state index contributed by atoms with van der Waals surface area (Å²) >= 11 is 0. The van der Waals surface area contributed by atoms with E-state index in [-0.39, 0.29) is 30.3 Å². The van der Waals surface area contributed by atoms with E-state index in [1.54, 1.807) is 24.3 Å². The van der Waals surface area contributed by atoms with Gasteiger partial charge in [0.1, 0.15) is 23.3 Å². The third-order valence-electron chi connectivity index (χ3n) is 3.98. The highest BCUT2D eigenvalue weighted by atomic mass is 19.1. The van der Waals surface area contributed by atoms with Crippen LogP contribution in [-0.2, 0) is 9.63 Å². The largest absolute Gasteiger partial charge is 0.382 e. The number of benzene rings is 2. The van der Waals surface area contributed by atoms with Crippen LogP contribution in [0.25, 0.3) is 0 Å². The average molecular weight is 370 g/mol. The Morgan fingerprint density at radius 1 is 1.26 bits per heavy atom. The molecule has 0 saturated heterocycles. The summed E-state index contributed by atoms with van der Waals surface area (Å²) in [6.45, 7) is 0.545. The van der Waals surface area contributed by atoms with Crippen LogP contribution in [-0.4, -0.2) is 30.8 Å². The Labute approximate surface area is 154 Å². The number of oxime groups is 1. The van der Waals surface area contributed by atoms with Gasteiger partial charge >= 0.3 is 0 Å². The predicted octanol–water partition coefficient (Wildman–Crippen LogP) is 2.56. The van der Waals surface area contributed by atoms with E-state index in [4.69, 9.17) is 10.1 Å². The highest BCUT2D eigenvalue weighted by Gasteiger charge is 2.28. The SMILES string of the molecule is N#Cc1c(F)cccc1NCCNC(=O)[C@@H]1CC(c2cccc(F)c2)=NO1. The Morgan fingerprint density at radius 3 is 2.85 bits per heavy atom. The maximum atomic E-state index is 13.5. The molecule has 27 heavy (non-hydrogen) atoms. The lowest BCUT2D eigenvalue weighted by Gasteiger charge is -2.11. The van der Waals surface area contributed by atoms with Crippen LogP contribution < -0.4 is 10.6 Å². The minimum absolute atomic E-state index is 0.0731. The second kappa shape index (κ2) is 8.27. The Hall–Kier alpha value is -3.47. The normalized spacial score (nSPS) is 15.4. The number of hydrogen-bond donors (Lipinski definition) is 2. The number of rotatable bonds is 6. The van der Waals surface area contributed by atoms with Gasteiger partial charge in [0.15, 0.2) is 0 Å². The van der Waals surface area contributed by atoms with Crippen molar-refractivity contribution >= 4 is 17.3 Å². The fourth-order valence-corrected chi connectivity index (χ4v) is 2.64. The van der Waals surface area contributed by atoms with Gasteiger partial charge in [-0.2, -0.15) is 5.26 Å². The number of carbonyl (C=O) groups is 1. The molecule has 2 aromatic rings. The first-order valence-corrected chi connectivity index (χ1v) is 8.27. The fourth-order valence-electron chi connectivity index (χ4n) is 2.64. The summed E-state index contributed by atoms with van der Waals surface area (Å²) in [4.78, 5) is 17.3. The molecular weight excluding hydrogens is 354 g/mol. The molecule has 1 heterocycles. The van der Waals surface area contributed by atoms with Crippen molar-refractivity contribution in [2.24, 2.45) is 5.16 Å². The highest BCUT2D eigenvalue weighted by Crippen LogP contribution is 2.18. The van der Waals surface area contributed by atoms with E-state index in [0.717, 1.165) is 0 Å². The minimum Gasteiger partial charge on any atom is -0.382 e. The third kappa shape index (κ3) is 4.39. The van der Waals surface area contributed by atoms with Crippen molar-refractivity contribution in [2.45, 2.75) is 12.5 Å². The van der Waals surface area contributed by atoms with Crippen LogP contribution in [0.1, 0.15) is 17.5 Å². The lowest BCUT2D eigenvalue weighted by molar-refractivity contribution is -0.131. The first kappa shape index (κ1) is 18.3. The molecule has 1 amide bonds. The standard InChI is InChI=1S/C19H16F2N4O2/c20-13-4-1-3-12(9-13)17-10-18(27-25-17)19(26)24-8-7-23-16-6-2-5-15(21)14(16)11-22/h1-6,9,18,23H,7-8,10H2,(H,24,26)/t18-/m0/s1. The number of nitrogens with zero attached hydrogens (tertiary/aromatic N) is 2. The summed E-state index contributed by atoms with van der Waals surface area (Å²) in [7, 11) is 0. The molecule has 6 nitrogen and oxygen atoms in total. The van der Waals surface area contributed by atoms with Crippen LogP contribution in [0, 0.1) is 23.0 Å². The van der Waals surface area contributed by atoms with Gasteiger partial charge in [-0.05, 0) is 24.3 Å². The molecule has 1 aliphatic rings. The predicted molar refractivity (Wildman–Crippen MR) is 95.0 cm³/mol. The summed E-state index contributed by atoms with van der Waals surface area (Å²) in [6.07, 6.45) is -0.544. The smallest absolute Gasteiger partial charge is 0.264 e. The van der Waals surface area contributed by atoms with Crippen molar-refractivity contribution < 1.29 is 18.4 Å². The molecule has 0 bridgehead atoms. The summed E-state index contributed by atoms with van der Waals surface area (Å²) in [5.41, 5.74) is 1.37. The lowest BCUT2D eigenvalue weighted by atomic mass is 10.0. The molecule has 2 aromatic carbocycles. The molecular formula is C19H16F2N4O2. The Morgan fingerprint density at radius 2 is 2.07 bits per heavy atom. The molecule has 8 heteroatoms. The van der Waals surface area contributed by atoms with Gasteiger partial charge in [0.25, 0.3) is 5.91 Å². The molecule has 0 saturated carbocycles. The minimum atomic E-state index is -0.785. The summed E-state index contributed by atoms with van der Waals surface area (Å²) in [5, 5.41) is 18.4. The molecule has 0 fully saturated rings. The van der Waals surface area contributed by atoms with E-state index < -0.39 is 11.9 Å². The lowest BCUT2D eigenvalue weighted by Crippen LogP contribution is -2.37. The number of anilines is 1. The van der Waals surface area contributed by atoms with Crippen LogP contribution in [0.4, 0.5) is 14.5 Å². The second-order valence-corrected chi connectivity index (χ2v) is 5.84. The van der Waals surface area contributed by atoms with E-state index >= 15 is 0 Å². The molecule has 0 aliphatic carbocycles. The van der Waals surface area contributed by atoms with Gasteiger partial charge in [0.2, 0.25) is 6.10 Å². The van der Waals surface area contributed by atoms with Crippen molar-refractivity contribution in [3.8, 4) is 6.07 Å². The van der Waals surface area contributed by atoms with Gasteiger partial charge in [-0.15, -0.1) is 0 Å². The van der Waals surface area contributed by atoms with Crippen LogP contribution >= 0.6 is 0 Å². The second-order valence-electron chi connectivity index (χ2n) is 5.84. The zero-order chi connectivity index (χ0) is 19.2. The van der Waals surface area contributed by atoms with Gasteiger partial charge in [0.05, 0.1) is 11.4 Å². The maximum Gasteiger partial charge on any atom is 0.264 e. The van der Waals surface area contributed by atoms with Gasteiger partial charge in [0, 0.05) is 25.1 Å². The van der Waals surface area contributed by atoms with E-state index in [1.807, 2.05) is 0 Å². The van der Waals surface area contributed by atoms with Crippen molar-refractivity contribution in [3.05, 3.63) is 65.2 Å². The molecule has 138 valence electrons. The Bertz CT molecular complexity index is 924.